The molecular formula is C18H18N4O3. The van der Waals surface area contributed by atoms with E-state index in [1.54, 1.807) is 25.5 Å². The smallest absolute Gasteiger partial charge is 0.271 e. The highest BCUT2D eigenvalue weighted by Gasteiger charge is 2.10. The quantitative estimate of drug-likeness (QED) is 0.718. The Labute approximate surface area is 145 Å². The van der Waals surface area contributed by atoms with E-state index in [0.29, 0.717) is 23.9 Å². The van der Waals surface area contributed by atoms with Gasteiger partial charge in [0, 0.05) is 0 Å². The van der Waals surface area contributed by atoms with Gasteiger partial charge in [0.15, 0.2) is 0 Å². The zero-order valence-corrected chi connectivity index (χ0v) is 13.9. The molecule has 1 amide bonds. The van der Waals surface area contributed by atoms with Gasteiger partial charge >= 0.3 is 0 Å². The molecule has 0 saturated heterocycles. The molecule has 2 N–H and O–H groups in total. The van der Waals surface area contributed by atoms with Gasteiger partial charge in [0.05, 0.1) is 38.0 Å². The number of amides is 1. The number of methoxy groups -OCH3 is 1. The minimum atomic E-state index is -0.316. The van der Waals surface area contributed by atoms with Gasteiger partial charge in [-0.3, -0.25) is 4.79 Å². The number of aryl methyl sites for hydroxylation is 1. The molecule has 0 radical (unpaired) electrons. The zero-order valence-electron chi connectivity index (χ0n) is 13.9. The number of nitrogens with zero attached hydrogens (tertiary/aromatic N) is 2. The summed E-state index contributed by atoms with van der Waals surface area (Å²) in [4.78, 5) is 20.4. The molecule has 0 aliphatic carbocycles. The van der Waals surface area contributed by atoms with Crippen LogP contribution in [0.3, 0.4) is 0 Å². The first-order chi connectivity index (χ1) is 12.2. The van der Waals surface area contributed by atoms with E-state index in [2.05, 4.69) is 20.6 Å². The molecular weight excluding hydrogens is 320 g/mol. The van der Waals surface area contributed by atoms with E-state index >= 15 is 0 Å². The minimum absolute atomic E-state index is 0.230. The van der Waals surface area contributed by atoms with E-state index in [9.17, 15) is 4.79 Å². The van der Waals surface area contributed by atoms with Crippen LogP contribution in [0.5, 0.6) is 5.75 Å². The molecule has 3 aromatic rings. The van der Waals surface area contributed by atoms with E-state index in [0.717, 1.165) is 11.3 Å². The Morgan fingerprint density at radius 3 is 2.80 bits per heavy atom. The molecule has 0 spiro atoms. The number of hydrogen-bond acceptors (Lipinski definition) is 6. The predicted molar refractivity (Wildman–Crippen MR) is 92.9 cm³/mol. The Kier molecular flexibility index (Phi) is 4.94. The van der Waals surface area contributed by atoms with Gasteiger partial charge in [-0.15, -0.1) is 0 Å². The Morgan fingerprint density at radius 2 is 2.12 bits per heavy atom. The molecule has 2 aromatic heterocycles. The molecule has 0 aliphatic rings. The number of ether oxygens (including phenoxy) is 1. The summed E-state index contributed by atoms with van der Waals surface area (Å²) in [7, 11) is 1.61. The summed E-state index contributed by atoms with van der Waals surface area (Å²) in [6.07, 6.45) is 4.48. The monoisotopic (exact) mass is 338 g/mol. The van der Waals surface area contributed by atoms with E-state index in [1.807, 2.05) is 25.1 Å². The molecule has 3 rings (SSSR count). The highest BCUT2D eigenvalue weighted by molar-refractivity contribution is 5.92. The van der Waals surface area contributed by atoms with Crippen LogP contribution in [0.4, 0.5) is 11.5 Å². The van der Waals surface area contributed by atoms with Crippen LogP contribution in [0.25, 0.3) is 0 Å². The van der Waals surface area contributed by atoms with Crippen molar-refractivity contribution in [1.29, 1.82) is 0 Å². The number of benzene rings is 1. The van der Waals surface area contributed by atoms with Crippen molar-refractivity contribution >= 4 is 17.4 Å². The molecule has 7 heteroatoms. The van der Waals surface area contributed by atoms with Crippen LogP contribution in [-0.4, -0.2) is 23.0 Å². The average Bonchev–Trinajstić information content (AvgIpc) is 3.14. The van der Waals surface area contributed by atoms with Gasteiger partial charge in [-0.1, -0.05) is 6.07 Å². The van der Waals surface area contributed by atoms with Crippen molar-refractivity contribution < 1.29 is 13.9 Å². The number of carbonyl (C=O) groups excluding carboxylic acids is 1. The molecule has 1 aromatic carbocycles. The van der Waals surface area contributed by atoms with Gasteiger partial charge in [0.25, 0.3) is 5.91 Å². The van der Waals surface area contributed by atoms with Crippen LogP contribution in [0.15, 0.2) is 53.4 Å². The maximum atomic E-state index is 12.1. The fraction of sp³-hybridized carbons (Fsp3) is 0.167. The normalized spacial score (nSPS) is 10.3. The lowest BCUT2D eigenvalue weighted by atomic mass is 10.2. The highest BCUT2D eigenvalue weighted by atomic mass is 16.5. The maximum absolute atomic E-state index is 12.1. The van der Waals surface area contributed by atoms with Gasteiger partial charge in [-0.05, 0) is 36.8 Å². The summed E-state index contributed by atoms with van der Waals surface area (Å²) in [5.41, 5.74) is 2.10. The molecule has 25 heavy (non-hydrogen) atoms. The van der Waals surface area contributed by atoms with Crippen molar-refractivity contribution in [2.24, 2.45) is 0 Å². The Morgan fingerprint density at radius 1 is 1.24 bits per heavy atom. The first-order valence-corrected chi connectivity index (χ1v) is 7.70. The van der Waals surface area contributed by atoms with Crippen molar-refractivity contribution in [2.45, 2.75) is 13.5 Å². The minimum Gasteiger partial charge on any atom is -0.495 e. The second-order valence-corrected chi connectivity index (χ2v) is 5.38. The van der Waals surface area contributed by atoms with Crippen molar-refractivity contribution in [3.63, 3.8) is 0 Å². The van der Waals surface area contributed by atoms with Crippen LogP contribution in [0, 0.1) is 6.92 Å². The zero-order chi connectivity index (χ0) is 17.6. The molecule has 128 valence electrons. The molecule has 0 atom stereocenters. The van der Waals surface area contributed by atoms with E-state index in [1.165, 1.54) is 12.4 Å². The summed E-state index contributed by atoms with van der Waals surface area (Å²) >= 11 is 0. The lowest BCUT2D eigenvalue weighted by Gasteiger charge is -2.11. The highest BCUT2D eigenvalue weighted by Crippen LogP contribution is 2.27. The SMILES string of the molecule is COc1ccc(C)cc1Nc1cnc(C(=O)NCc2ccco2)cn1. The van der Waals surface area contributed by atoms with Crippen LogP contribution in [0.1, 0.15) is 21.8 Å². The Balaban J connectivity index is 1.66. The molecule has 0 aliphatic heterocycles. The third-order valence-electron chi connectivity index (χ3n) is 3.51. The van der Waals surface area contributed by atoms with Gasteiger partial charge in [-0.2, -0.15) is 0 Å². The van der Waals surface area contributed by atoms with Gasteiger partial charge in [0.1, 0.15) is 23.0 Å². The number of carbonyl (C=O) groups is 1. The van der Waals surface area contributed by atoms with Crippen LogP contribution in [-0.2, 0) is 6.54 Å². The van der Waals surface area contributed by atoms with E-state index in [4.69, 9.17) is 9.15 Å². The average molecular weight is 338 g/mol. The van der Waals surface area contributed by atoms with Gasteiger partial charge in [-0.25, -0.2) is 9.97 Å². The standard InChI is InChI=1S/C18H18N4O3/c1-12-5-6-16(24-2)14(8-12)22-17-11-19-15(10-20-17)18(23)21-9-13-4-3-7-25-13/h3-8,10-11H,9H2,1-2H3,(H,20,22)(H,21,23). The van der Waals surface area contributed by atoms with E-state index in [-0.39, 0.29) is 11.6 Å². The third kappa shape index (κ3) is 4.14. The third-order valence-corrected chi connectivity index (χ3v) is 3.51. The van der Waals surface area contributed by atoms with Crippen molar-refractivity contribution in [3.05, 3.63) is 66.0 Å². The van der Waals surface area contributed by atoms with Gasteiger partial charge in [0.2, 0.25) is 0 Å². The second-order valence-electron chi connectivity index (χ2n) is 5.38. The molecule has 0 saturated carbocycles. The number of hydrogen-bond donors (Lipinski definition) is 2. The van der Waals surface area contributed by atoms with Crippen LogP contribution in [0.2, 0.25) is 0 Å². The number of aromatic nitrogens is 2. The molecule has 2 heterocycles. The summed E-state index contributed by atoms with van der Waals surface area (Å²) in [5, 5.41) is 5.86. The Hall–Kier alpha value is -3.35. The maximum Gasteiger partial charge on any atom is 0.271 e. The second kappa shape index (κ2) is 7.48. The van der Waals surface area contributed by atoms with Gasteiger partial charge < -0.3 is 19.8 Å². The summed E-state index contributed by atoms with van der Waals surface area (Å²) in [5.74, 6) is 1.58. The molecule has 7 nitrogen and oxygen atoms in total. The molecule has 0 bridgehead atoms. The first-order valence-electron chi connectivity index (χ1n) is 7.70. The first kappa shape index (κ1) is 16.5. The number of furan rings is 1. The molecule has 0 fully saturated rings. The summed E-state index contributed by atoms with van der Waals surface area (Å²) < 4.78 is 10.5. The summed E-state index contributed by atoms with van der Waals surface area (Å²) in [6.45, 7) is 2.29. The van der Waals surface area contributed by atoms with Crippen LogP contribution < -0.4 is 15.4 Å². The Bertz CT molecular complexity index is 845. The molecule has 0 unspecified atom stereocenters. The number of rotatable bonds is 6. The van der Waals surface area contributed by atoms with Crippen molar-refractivity contribution in [1.82, 2.24) is 15.3 Å². The predicted octanol–water partition coefficient (Wildman–Crippen LogP) is 3.06. The topological polar surface area (TPSA) is 89.3 Å². The number of nitrogens with one attached hydrogen (secondary N) is 2. The lowest BCUT2D eigenvalue weighted by Crippen LogP contribution is -2.23. The number of anilines is 2. The van der Waals surface area contributed by atoms with Crippen molar-refractivity contribution in [2.75, 3.05) is 12.4 Å². The largest absolute Gasteiger partial charge is 0.495 e. The fourth-order valence-corrected chi connectivity index (χ4v) is 2.24. The van der Waals surface area contributed by atoms with Crippen molar-refractivity contribution in [3.8, 4) is 5.75 Å². The lowest BCUT2D eigenvalue weighted by molar-refractivity contribution is 0.0942. The van der Waals surface area contributed by atoms with E-state index < -0.39 is 0 Å². The van der Waals surface area contributed by atoms with Crippen LogP contribution >= 0.6 is 0 Å². The summed E-state index contributed by atoms with van der Waals surface area (Å²) in [6, 6.07) is 9.34. The fourth-order valence-electron chi connectivity index (χ4n) is 2.24.